The average Bonchev–Trinajstić information content (AvgIpc) is 2.34. The van der Waals surface area contributed by atoms with E-state index in [0.717, 1.165) is 12.0 Å². The van der Waals surface area contributed by atoms with E-state index in [4.69, 9.17) is 0 Å². The summed E-state index contributed by atoms with van der Waals surface area (Å²) in [4.78, 5) is 35.3. The van der Waals surface area contributed by atoms with Crippen LogP contribution in [0.3, 0.4) is 0 Å². The molecule has 1 saturated heterocycles. The highest BCUT2D eigenvalue weighted by Crippen LogP contribution is 2.29. The lowest BCUT2D eigenvalue weighted by atomic mass is 10.1. The van der Waals surface area contributed by atoms with Gasteiger partial charge in [-0.25, -0.2) is 0 Å². The van der Waals surface area contributed by atoms with Gasteiger partial charge in [-0.15, -0.1) is 0 Å². The van der Waals surface area contributed by atoms with Gasteiger partial charge in [0, 0.05) is 10.0 Å². The van der Waals surface area contributed by atoms with E-state index in [1.165, 1.54) is 0 Å². The number of aldehydes is 1. The Kier molecular flexibility index (Phi) is 3.47. The lowest BCUT2D eigenvalue weighted by Crippen LogP contribution is -2.57. The van der Waals surface area contributed by atoms with E-state index < -0.39 is 6.04 Å². The van der Waals surface area contributed by atoms with Gasteiger partial charge in [0.25, 0.3) is 0 Å². The van der Waals surface area contributed by atoms with Crippen molar-refractivity contribution in [1.82, 2.24) is 5.32 Å². The summed E-state index contributed by atoms with van der Waals surface area (Å²) in [5, 5.41) is 2.28. The quantitative estimate of drug-likeness (QED) is 0.656. The van der Waals surface area contributed by atoms with Crippen molar-refractivity contribution in [1.29, 1.82) is 0 Å². The van der Waals surface area contributed by atoms with Crippen molar-refractivity contribution in [3.8, 4) is 0 Å². The van der Waals surface area contributed by atoms with Crippen molar-refractivity contribution in [2.75, 3.05) is 11.4 Å². The number of hydrogen-bond acceptors (Lipinski definition) is 4. The molecule has 0 spiro atoms. The van der Waals surface area contributed by atoms with Gasteiger partial charge in [-0.2, -0.15) is 0 Å². The van der Waals surface area contributed by atoms with Crippen LogP contribution in [-0.4, -0.2) is 30.7 Å². The molecule has 2 rings (SSSR count). The number of nitrogens with zero attached hydrogens (tertiary/aromatic N) is 1. The number of imide groups is 1. The van der Waals surface area contributed by atoms with Gasteiger partial charge in [0.1, 0.15) is 12.3 Å². The lowest BCUT2D eigenvalue weighted by Gasteiger charge is -2.34. The number of nitrogens with one attached hydrogen (secondary N) is 1. The van der Waals surface area contributed by atoms with Crippen LogP contribution < -0.4 is 10.2 Å². The molecule has 0 saturated carbocycles. The second kappa shape index (κ2) is 4.89. The molecular weight excluding hydrogens is 300 g/mol. The summed E-state index contributed by atoms with van der Waals surface area (Å²) in [7, 11) is 0. The fourth-order valence-electron chi connectivity index (χ4n) is 1.84. The van der Waals surface area contributed by atoms with Crippen LogP contribution in [0.1, 0.15) is 17.3 Å². The van der Waals surface area contributed by atoms with Crippen molar-refractivity contribution in [3.05, 3.63) is 28.2 Å². The van der Waals surface area contributed by atoms with Crippen LogP contribution >= 0.6 is 15.9 Å². The summed E-state index contributed by atoms with van der Waals surface area (Å²) in [6.07, 6.45) is 0.742. The van der Waals surface area contributed by atoms with E-state index in [9.17, 15) is 14.4 Å². The summed E-state index contributed by atoms with van der Waals surface area (Å²) in [5.41, 5.74) is 1.25. The highest BCUT2D eigenvalue weighted by molar-refractivity contribution is 9.10. The first-order valence-electron chi connectivity index (χ1n) is 5.38. The van der Waals surface area contributed by atoms with Crippen molar-refractivity contribution in [2.24, 2.45) is 0 Å². The molecule has 0 aromatic heterocycles. The largest absolute Gasteiger partial charge is 0.350 e. The molecule has 0 bridgehead atoms. The number of piperazine rings is 1. The number of carbonyl (C=O) groups is 3. The van der Waals surface area contributed by atoms with Crippen LogP contribution in [0.4, 0.5) is 5.69 Å². The maximum Gasteiger partial charge on any atom is 0.249 e. The van der Waals surface area contributed by atoms with E-state index in [0.29, 0.717) is 10.0 Å². The van der Waals surface area contributed by atoms with E-state index in [1.807, 2.05) is 0 Å². The minimum atomic E-state index is -0.430. The Morgan fingerprint density at radius 2 is 2.17 bits per heavy atom. The number of benzene rings is 1. The minimum absolute atomic E-state index is 0.117. The fourth-order valence-corrected chi connectivity index (χ4v) is 2.46. The molecule has 2 amide bonds. The topological polar surface area (TPSA) is 66.5 Å². The molecule has 1 aromatic rings. The van der Waals surface area contributed by atoms with Crippen molar-refractivity contribution >= 4 is 39.7 Å². The normalized spacial score (nSPS) is 19.7. The number of hydrogen-bond donors (Lipinski definition) is 1. The fraction of sp³-hybridized carbons (Fsp3) is 0.250. The smallest absolute Gasteiger partial charge is 0.249 e. The summed E-state index contributed by atoms with van der Waals surface area (Å²) in [5.74, 6) is -0.651. The molecule has 1 heterocycles. The highest BCUT2D eigenvalue weighted by atomic mass is 79.9. The number of anilines is 1. The molecule has 1 aliphatic heterocycles. The van der Waals surface area contributed by atoms with E-state index in [2.05, 4.69) is 21.2 Å². The van der Waals surface area contributed by atoms with Crippen LogP contribution in [0.25, 0.3) is 0 Å². The highest BCUT2D eigenvalue weighted by Gasteiger charge is 2.31. The van der Waals surface area contributed by atoms with Gasteiger partial charge in [0.2, 0.25) is 11.8 Å². The summed E-state index contributed by atoms with van der Waals surface area (Å²) < 4.78 is 0.682. The first-order valence-corrected chi connectivity index (χ1v) is 6.17. The molecular formula is C12H11BrN2O3. The van der Waals surface area contributed by atoms with Gasteiger partial charge in [-0.1, -0.05) is 0 Å². The number of rotatable bonds is 2. The molecule has 0 radical (unpaired) electrons. The zero-order chi connectivity index (χ0) is 13.3. The van der Waals surface area contributed by atoms with Gasteiger partial charge in [0.05, 0.1) is 12.2 Å². The zero-order valence-electron chi connectivity index (χ0n) is 9.64. The number of amides is 2. The first kappa shape index (κ1) is 12.8. The van der Waals surface area contributed by atoms with Gasteiger partial charge in [0.15, 0.2) is 0 Å². The summed E-state index contributed by atoms with van der Waals surface area (Å²) in [6.45, 7) is 1.84. The first-order chi connectivity index (χ1) is 8.52. The summed E-state index contributed by atoms with van der Waals surface area (Å²) >= 11 is 3.35. The Morgan fingerprint density at radius 1 is 1.44 bits per heavy atom. The summed E-state index contributed by atoms with van der Waals surface area (Å²) in [6, 6.07) is 4.60. The van der Waals surface area contributed by atoms with E-state index in [1.54, 1.807) is 30.0 Å². The molecule has 18 heavy (non-hydrogen) atoms. The molecule has 1 unspecified atom stereocenters. The lowest BCUT2D eigenvalue weighted by molar-refractivity contribution is -0.132. The molecule has 1 atom stereocenters. The molecule has 6 heteroatoms. The third-order valence-electron chi connectivity index (χ3n) is 2.84. The maximum absolute atomic E-state index is 11.6. The predicted molar refractivity (Wildman–Crippen MR) is 69.5 cm³/mol. The molecule has 1 aromatic carbocycles. The molecule has 94 valence electrons. The Hall–Kier alpha value is -1.69. The second-order valence-electron chi connectivity index (χ2n) is 4.05. The van der Waals surface area contributed by atoms with E-state index in [-0.39, 0.29) is 18.4 Å². The average molecular weight is 311 g/mol. The maximum atomic E-state index is 11.6. The third-order valence-corrected chi connectivity index (χ3v) is 3.48. The van der Waals surface area contributed by atoms with Crippen molar-refractivity contribution in [2.45, 2.75) is 13.0 Å². The second-order valence-corrected chi connectivity index (χ2v) is 4.90. The predicted octanol–water partition coefficient (Wildman–Crippen LogP) is 1.11. The van der Waals surface area contributed by atoms with Gasteiger partial charge in [-0.3, -0.25) is 19.7 Å². The van der Waals surface area contributed by atoms with Crippen LogP contribution in [-0.2, 0) is 9.59 Å². The van der Waals surface area contributed by atoms with Crippen LogP contribution in [0.5, 0.6) is 0 Å². The standard InChI is InChI=1S/C12H11BrN2O3/c1-7-12(18)14-11(17)5-15(7)10-3-2-8(6-16)4-9(10)13/h2-4,6-7H,5H2,1H3,(H,14,17,18). The Bertz CT molecular complexity index is 530. The zero-order valence-corrected chi connectivity index (χ0v) is 11.2. The molecule has 5 nitrogen and oxygen atoms in total. The van der Waals surface area contributed by atoms with Crippen molar-refractivity contribution < 1.29 is 14.4 Å². The van der Waals surface area contributed by atoms with Crippen LogP contribution in [0.2, 0.25) is 0 Å². The van der Waals surface area contributed by atoms with Crippen LogP contribution in [0.15, 0.2) is 22.7 Å². The molecule has 1 N–H and O–H groups in total. The Morgan fingerprint density at radius 3 is 2.78 bits per heavy atom. The number of halogens is 1. The Labute approximate surface area is 112 Å². The monoisotopic (exact) mass is 310 g/mol. The van der Waals surface area contributed by atoms with Gasteiger partial charge >= 0.3 is 0 Å². The SMILES string of the molecule is CC1C(=O)NC(=O)CN1c1ccc(C=O)cc1Br. The Balaban J connectivity index is 2.38. The number of carbonyl (C=O) groups excluding carboxylic acids is 3. The minimum Gasteiger partial charge on any atom is -0.350 e. The van der Waals surface area contributed by atoms with Crippen LogP contribution in [0, 0.1) is 0 Å². The molecule has 1 aliphatic rings. The van der Waals surface area contributed by atoms with Crippen molar-refractivity contribution in [3.63, 3.8) is 0 Å². The molecule has 1 fully saturated rings. The van der Waals surface area contributed by atoms with Gasteiger partial charge in [-0.05, 0) is 41.1 Å². The third kappa shape index (κ3) is 2.28. The van der Waals surface area contributed by atoms with Gasteiger partial charge < -0.3 is 4.90 Å². The van der Waals surface area contributed by atoms with E-state index >= 15 is 0 Å². The molecule has 0 aliphatic carbocycles.